The van der Waals surface area contributed by atoms with E-state index in [4.69, 9.17) is 5.26 Å². The third kappa shape index (κ3) is 4.81. The Hall–Kier alpha value is -3.40. The summed E-state index contributed by atoms with van der Waals surface area (Å²) in [4.78, 5) is 22.3. The lowest BCUT2D eigenvalue weighted by atomic mass is 10.2. The number of nitriles is 1. The number of hydrogen-bond acceptors (Lipinski definition) is 5. The van der Waals surface area contributed by atoms with Crippen molar-refractivity contribution < 1.29 is 9.72 Å². The van der Waals surface area contributed by atoms with Crippen molar-refractivity contribution in [1.82, 2.24) is 0 Å². The SMILES string of the molecule is N#Cc1ccc(NC(=O)CCCNc2ccccc2[N+](=O)[O-])cc1. The van der Waals surface area contributed by atoms with E-state index in [9.17, 15) is 14.9 Å². The van der Waals surface area contributed by atoms with Crippen LogP contribution < -0.4 is 10.6 Å². The van der Waals surface area contributed by atoms with Crippen LogP contribution >= 0.6 is 0 Å². The fraction of sp³-hybridized carbons (Fsp3) is 0.176. The Morgan fingerprint density at radius 2 is 1.88 bits per heavy atom. The zero-order valence-electron chi connectivity index (χ0n) is 12.9. The van der Waals surface area contributed by atoms with Gasteiger partial charge in [-0.2, -0.15) is 5.26 Å². The molecule has 0 spiro atoms. The maximum atomic E-state index is 11.8. The van der Waals surface area contributed by atoms with E-state index >= 15 is 0 Å². The summed E-state index contributed by atoms with van der Waals surface area (Å²) >= 11 is 0. The molecular weight excluding hydrogens is 308 g/mol. The number of para-hydroxylation sites is 2. The van der Waals surface area contributed by atoms with E-state index in [2.05, 4.69) is 10.6 Å². The average molecular weight is 324 g/mol. The molecule has 122 valence electrons. The van der Waals surface area contributed by atoms with Crippen molar-refractivity contribution in [3.05, 3.63) is 64.2 Å². The first-order valence-electron chi connectivity index (χ1n) is 7.37. The van der Waals surface area contributed by atoms with E-state index in [0.717, 1.165) is 0 Å². The zero-order valence-corrected chi connectivity index (χ0v) is 12.9. The van der Waals surface area contributed by atoms with Crippen molar-refractivity contribution in [2.24, 2.45) is 0 Å². The molecule has 1 amide bonds. The molecule has 7 heteroatoms. The highest BCUT2D eigenvalue weighted by molar-refractivity contribution is 5.90. The Kier molecular flexibility index (Phi) is 5.86. The second kappa shape index (κ2) is 8.29. The Morgan fingerprint density at radius 3 is 2.54 bits per heavy atom. The van der Waals surface area contributed by atoms with Crippen LogP contribution in [0.25, 0.3) is 0 Å². The third-order valence-electron chi connectivity index (χ3n) is 3.29. The predicted octanol–water partition coefficient (Wildman–Crippen LogP) is 3.30. The topological polar surface area (TPSA) is 108 Å². The zero-order chi connectivity index (χ0) is 17.4. The molecule has 2 aromatic carbocycles. The third-order valence-corrected chi connectivity index (χ3v) is 3.29. The second-order valence-corrected chi connectivity index (χ2v) is 5.04. The van der Waals surface area contributed by atoms with Gasteiger partial charge in [-0.25, -0.2) is 0 Å². The van der Waals surface area contributed by atoms with Gasteiger partial charge in [-0.1, -0.05) is 12.1 Å². The maximum Gasteiger partial charge on any atom is 0.292 e. The average Bonchev–Trinajstić information content (AvgIpc) is 2.59. The van der Waals surface area contributed by atoms with E-state index in [1.807, 2.05) is 6.07 Å². The van der Waals surface area contributed by atoms with Gasteiger partial charge in [-0.15, -0.1) is 0 Å². The Morgan fingerprint density at radius 1 is 1.17 bits per heavy atom. The fourth-order valence-corrected chi connectivity index (χ4v) is 2.11. The molecule has 0 bridgehead atoms. The molecule has 0 aliphatic heterocycles. The van der Waals surface area contributed by atoms with Gasteiger partial charge in [0.15, 0.2) is 0 Å². The molecule has 0 aliphatic rings. The van der Waals surface area contributed by atoms with Crippen LogP contribution in [0, 0.1) is 21.4 Å². The molecule has 0 saturated carbocycles. The number of nitrogens with zero attached hydrogens (tertiary/aromatic N) is 2. The number of amides is 1. The number of hydrogen-bond donors (Lipinski definition) is 2. The molecule has 2 N–H and O–H groups in total. The van der Waals surface area contributed by atoms with Crippen LogP contribution in [0.1, 0.15) is 18.4 Å². The number of carbonyl (C=O) groups excluding carboxylic acids is 1. The normalized spacial score (nSPS) is 9.79. The summed E-state index contributed by atoms with van der Waals surface area (Å²) < 4.78 is 0. The molecular formula is C17H16N4O3. The van der Waals surface area contributed by atoms with E-state index in [-0.39, 0.29) is 18.0 Å². The van der Waals surface area contributed by atoms with Gasteiger partial charge in [0.05, 0.1) is 16.6 Å². The molecule has 2 rings (SSSR count). The van der Waals surface area contributed by atoms with Crippen molar-refractivity contribution in [2.45, 2.75) is 12.8 Å². The molecule has 0 heterocycles. The number of nitro groups is 1. The second-order valence-electron chi connectivity index (χ2n) is 5.04. The molecule has 0 aliphatic carbocycles. The standard InChI is InChI=1S/C17H16N4O3/c18-12-13-7-9-14(10-8-13)20-17(22)6-3-11-19-15-4-1-2-5-16(15)21(23)24/h1-2,4-5,7-10,19H,3,6,11H2,(H,20,22). The van der Waals surface area contributed by atoms with E-state index in [1.54, 1.807) is 42.5 Å². The summed E-state index contributed by atoms with van der Waals surface area (Å²) in [7, 11) is 0. The van der Waals surface area contributed by atoms with Crippen LogP contribution in [0.2, 0.25) is 0 Å². The van der Waals surface area contributed by atoms with Crippen LogP contribution in [-0.4, -0.2) is 17.4 Å². The van der Waals surface area contributed by atoms with Crippen LogP contribution in [0.3, 0.4) is 0 Å². The summed E-state index contributed by atoms with van der Waals surface area (Å²) in [6.45, 7) is 0.450. The van der Waals surface area contributed by atoms with Crippen molar-refractivity contribution in [2.75, 3.05) is 17.2 Å². The molecule has 7 nitrogen and oxygen atoms in total. The number of benzene rings is 2. The smallest absolute Gasteiger partial charge is 0.292 e. The van der Waals surface area contributed by atoms with E-state index < -0.39 is 4.92 Å². The van der Waals surface area contributed by atoms with Gasteiger partial charge in [-0.3, -0.25) is 14.9 Å². The lowest BCUT2D eigenvalue weighted by molar-refractivity contribution is -0.384. The maximum absolute atomic E-state index is 11.8. The summed E-state index contributed by atoms with van der Waals surface area (Å²) in [6.07, 6.45) is 0.821. The van der Waals surface area contributed by atoms with E-state index in [0.29, 0.717) is 29.9 Å². The number of nitro benzene ring substituents is 1. The van der Waals surface area contributed by atoms with Gasteiger partial charge in [0.2, 0.25) is 5.91 Å². The van der Waals surface area contributed by atoms with Gasteiger partial charge in [0.25, 0.3) is 5.69 Å². The predicted molar refractivity (Wildman–Crippen MR) is 90.6 cm³/mol. The lowest BCUT2D eigenvalue weighted by Crippen LogP contribution is -2.13. The van der Waals surface area contributed by atoms with E-state index in [1.165, 1.54) is 6.07 Å². The summed E-state index contributed by atoms with van der Waals surface area (Å²) in [5.41, 5.74) is 1.61. The minimum Gasteiger partial charge on any atom is -0.379 e. The summed E-state index contributed by atoms with van der Waals surface area (Å²) in [5, 5.41) is 25.3. The minimum absolute atomic E-state index is 0.0135. The lowest BCUT2D eigenvalue weighted by Gasteiger charge is -2.07. The molecule has 0 radical (unpaired) electrons. The Bertz CT molecular complexity index is 766. The highest BCUT2D eigenvalue weighted by Gasteiger charge is 2.11. The summed E-state index contributed by atoms with van der Waals surface area (Å²) in [5.74, 6) is -0.149. The number of carbonyl (C=O) groups is 1. The molecule has 0 atom stereocenters. The minimum atomic E-state index is -0.445. The highest BCUT2D eigenvalue weighted by Crippen LogP contribution is 2.23. The molecule has 0 unspecified atom stereocenters. The van der Waals surface area contributed by atoms with Gasteiger partial charge >= 0.3 is 0 Å². The number of nitrogens with one attached hydrogen (secondary N) is 2. The van der Waals surface area contributed by atoms with Gasteiger partial charge in [-0.05, 0) is 36.8 Å². The molecule has 24 heavy (non-hydrogen) atoms. The first kappa shape index (κ1) is 17.0. The monoisotopic (exact) mass is 324 g/mol. The largest absolute Gasteiger partial charge is 0.379 e. The fourth-order valence-electron chi connectivity index (χ4n) is 2.11. The number of anilines is 2. The van der Waals surface area contributed by atoms with Gasteiger partial charge < -0.3 is 10.6 Å². The van der Waals surface area contributed by atoms with Crippen LogP contribution in [0.15, 0.2) is 48.5 Å². The molecule has 0 fully saturated rings. The number of rotatable bonds is 7. The Labute approximate surface area is 139 Å². The first-order chi connectivity index (χ1) is 11.6. The van der Waals surface area contributed by atoms with Crippen molar-refractivity contribution >= 4 is 23.0 Å². The van der Waals surface area contributed by atoms with Crippen LogP contribution in [-0.2, 0) is 4.79 Å². The Balaban J connectivity index is 1.77. The van der Waals surface area contributed by atoms with Crippen molar-refractivity contribution in [1.29, 1.82) is 5.26 Å². The first-order valence-corrected chi connectivity index (χ1v) is 7.37. The van der Waals surface area contributed by atoms with Crippen molar-refractivity contribution in [3.63, 3.8) is 0 Å². The van der Waals surface area contributed by atoms with Crippen molar-refractivity contribution in [3.8, 4) is 6.07 Å². The molecule has 0 aromatic heterocycles. The highest BCUT2D eigenvalue weighted by atomic mass is 16.6. The molecule has 0 saturated heterocycles. The van der Waals surface area contributed by atoms with Crippen LogP contribution in [0.4, 0.5) is 17.1 Å². The van der Waals surface area contributed by atoms with Gasteiger partial charge in [0.1, 0.15) is 5.69 Å². The van der Waals surface area contributed by atoms with Gasteiger partial charge in [0, 0.05) is 24.7 Å². The van der Waals surface area contributed by atoms with Crippen LogP contribution in [0.5, 0.6) is 0 Å². The quantitative estimate of drug-likeness (QED) is 0.461. The summed E-state index contributed by atoms with van der Waals surface area (Å²) in [6, 6.07) is 15.0. The molecule has 2 aromatic rings.